The summed E-state index contributed by atoms with van der Waals surface area (Å²) in [4.78, 5) is 178. The Morgan fingerprint density at radius 1 is 0.370 bits per heavy atom. The van der Waals surface area contributed by atoms with E-state index in [2.05, 4.69) is 125 Å². The van der Waals surface area contributed by atoms with Crippen molar-refractivity contribution in [3.8, 4) is 70.4 Å². The van der Waals surface area contributed by atoms with Gasteiger partial charge in [-0.2, -0.15) is 0 Å². The van der Waals surface area contributed by atoms with Gasteiger partial charge in [0.2, 0.25) is 22.2 Å². The number of benzene rings is 6. The zero-order valence-corrected chi connectivity index (χ0v) is 70.9. The van der Waals surface area contributed by atoms with E-state index in [4.69, 9.17) is 23.8 Å². The summed E-state index contributed by atoms with van der Waals surface area (Å²) in [6.45, 7) is 2.66. The number of oxime groups is 4. The predicted octanol–water partition coefficient (Wildman–Crippen LogP) is 5.56. The number of thiophene rings is 2. The molecular weight excluding hydrogens is 1680 g/mol. The smallest absolute Gasteiger partial charge is 0.323 e. The quantitative estimate of drug-likeness (QED) is 0.0200. The highest BCUT2D eigenvalue weighted by Gasteiger charge is 2.53. The molecule has 0 spiro atoms. The Morgan fingerprint density at radius 2 is 0.717 bits per heavy atom. The number of carbonyl (C=O) groups excluding carboxylic acids is 12. The first kappa shape index (κ1) is 88.5. The van der Waals surface area contributed by atoms with Gasteiger partial charge in [0, 0.05) is 64.4 Å². The van der Waals surface area contributed by atoms with E-state index in [-0.39, 0.29) is 49.8 Å². The topological polar surface area (TPSA) is 437 Å². The molecule has 8 N–H and O–H groups in total. The molecule has 0 saturated carbocycles. The molecule has 36 nitrogen and oxygen atoms in total. The first-order valence-corrected chi connectivity index (χ1v) is 40.0. The summed E-state index contributed by atoms with van der Waals surface area (Å²) in [5, 5.41) is 34.3. The van der Waals surface area contributed by atoms with Crippen LogP contribution in [0.25, 0.3) is 0 Å². The second kappa shape index (κ2) is 38.4. The van der Waals surface area contributed by atoms with Crippen molar-refractivity contribution < 1.29 is 95.8 Å². The molecule has 4 fully saturated rings. The van der Waals surface area contributed by atoms with E-state index in [1.54, 1.807) is 116 Å². The Hall–Kier alpha value is -16.3. The first-order valence-electron chi connectivity index (χ1n) is 38.4. The summed E-state index contributed by atoms with van der Waals surface area (Å²) in [5.41, 5.74) is 2.56. The molecule has 8 aliphatic rings. The van der Waals surface area contributed by atoms with Crippen LogP contribution in [-0.2, 0) is 64.7 Å². The molecule has 8 aromatic rings. The first-order chi connectivity index (χ1) is 61.2. The number of fused-ring (bicyclic) bond motifs is 4. The van der Waals surface area contributed by atoms with Gasteiger partial charge in [0.1, 0.15) is 51.4 Å². The lowest BCUT2D eigenvalue weighted by Crippen LogP contribution is -2.54. The molecular formula is C89H78N16O20S2. The molecule has 16 rings (SSSR count). The number of imide groups is 4. The number of methoxy groups -OCH3 is 4. The second-order valence-corrected chi connectivity index (χ2v) is 30.9. The minimum absolute atomic E-state index is 0.0865. The zero-order chi connectivity index (χ0) is 90.3. The van der Waals surface area contributed by atoms with Crippen LogP contribution < -0.4 is 61.5 Å². The van der Waals surface area contributed by atoms with Gasteiger partial charge in [0.25, 0.3) is 47.3 Å². The van der Waals surface area contributed by atoms with Crippen molar-refractivity contribution in [2.24, 2.45) is 20.6 Å². The van der Waals surface area contributed by atoms with Crippen molar-refractivity contribution >= 4 is 118 Å². The van der Waals surface area contributed by atoms with Gasteiger partial charge in [-0.25, -0.2) is 19.2 Å². The molecule has 6 aromatic carbocycles. The predicted molar refractivity (Wildman–Crippen MR) is 461 cm³/mol. The van der Waals surface area contributed by atoms with E-state index in [9.17, 15) is 57.5 Å². The van der Waals surface area contributed by atoms with Gasteiger partial charge >= 0.3 is 24.1 Å². The fourth-order valence-corrected chi connectivity index (χ4v) is 15.6. The molecule has 8 aliphatic heterocycles. The average molecular weight is 1760 g/mol. The van der Waals surface area contributed by atoms with Crippen LogP contribution in [-0.4, -0.2) is 221 Å². The Balaban J connectivity index is 0.000000145. The van der Waals surface area contributed by atoms with Crippen LogP contribution in [0.2, 0.25) is 0 Å². The third-order valence-corrected chi connectivity index (χ3v) is 22.5. The largest absolute Gasteiger partial charge is 0.497 e. The summed E-state index contributed by atoms with van der Waals surface area (Å²) in [6.07, 6.45) is 4.62. The molecule has 0 radical (unpaired) electrons. The molecule has 38 heteroatoms. The molecule has 2 aromatic heterocycles. The van der Waals surface area contributed by atoms with Crippen molar-refractivity contribution in [1.82, 2.24) is 62.1 Å². The molecule has 646 valence electrons. The van der Waals surface area contributed by atoms with Gasteiger partial charge in [-0.3, -0.25) is 59.6 Å². The fraction of sp³-hybridized carbons (Fsp3) is 0.236. The summed E-state index contributed by atoms with van der Waals surface area (Å²) < 4.78 is 20.8. The minimum Gasteiger partial charge on any atom is -0.497 e. The Kier molecular flexibility index (Phi) is 26.7. The summed E-state index contributed by atoms with van der Waals surface area (Å²) >= 11 is 2.73. The lowest BCUT2D eigenvalue weighted by Gasteiger charge is -2.26. The van der Waals surface area contributed by atoms with Gasteiger partial charge < -0.3 is 79.2 Å². The highest BCUT2D eigenvalue weighted by atomic mass is 32.1. The lowest BCUT2D eigenvalue weighted by molar-refractivity contribution is -0.123. The van der Waals surface area contributed by atoms with Crippen LogP contribution in [0.3, 0.4) is 0 Å². The van der Waals surface area contributed by atoms with Gasteiger partial charge in [0.15, 0.2) is 0 Å². The van der Waals surface area contributed by atoms with Crippen molar-refractivity contribution in [2.45, 2.75) is 55.3 Å². The highest BCUT2D eigenvalue weighted by molar-refractivity contribution is 7.14. The molecule has 127 heavy (non-hydrogen) atoms. The van der Waals surface area contributed by atoms with E-state index in [0.717, 1.165) is 43.1 Å². The zero-order valence-electron chi connectivity index (χ0n) is 69.3. The second-order valence-electron chi connectivity index (χ2n) is 28.7. The summed E-state index contributed by atoms with van der Waals surface area (Å²) in [7, 11) is 11.9. The third kappa shape index (κ3) is 19.9. The number of nitrogens with zero attached hydrogens (tertiary/aromatic N) is 8. The maximum absolute atomic E-state index is 13.0. The molecule has 0 aliphatic carbocycles. The van der Waals surface area contributed by atoms with Crippen molar-refractivity contribution in [3.05, 3.63) is 232 Å². The maximum Gasteiger partial charge on any atom is 0.323 e. The van der Waals surface area contributed by atoms with E-state index >= 15 is 0 Å². The highest BCUT2D eigenvalue weighted by Crippen LogP contribution is 2.34. The third-order valence-electron chi connectivity index (χ3n) is 20.4. The van der Waals surface area contributed by atoms with Gasteiger partial charge in [-0.15, -0.1) is 22.7 Å². The van der Waals surface area contributed by atoms with E-state index in [1.807, 2.05) is 49.4 Å². The monoisotopic (exact) mass is 1750 g/mol. The van der Waals surface area contributed by atoms with Crippen LogP contribution in [0.4, 0.5) is 19.2 Å². The molecule has 0 unspecified atom stereocenters. The number of hydrogen-bond acceptors (Lipinski definition) is 26. The van der Waals surface area contributed by atoms with Crippen LogP contribution in [0.1, 0.15) is 112 Å². The van der Waals surface area contributed by atoms with Crippen LogP contribution >= 0.6 is 22.7 Å². The Labute approximate surface area is 733 Å². The number of rotatable bonds is 20. The Bertz CT molecular complexity index is 6230. The van der Waals surface area contributed by atoms with Crippen molar-refractivity contribution in [3.63, 3.8) is 0 Å². The van der Waals surface area contributed by atoms with Gasteiger partial charge in [-0.1, -0.05) is 117 Å². The number of urea groups is 4. The number of amides is 16. The number of nitrogens with one attached hydrogen (secondary N) is 8. The molecule has 4 atom stereocenters. The van der Waals surface area contributed by atoms with Crippen LogP contribution in [0, 0.1) is 47.4 Å². The maximum atomic E-state index is 13.0. The van der Waals surface area contributed by atoms with Crippen LogP contribution in [0.15, 0.2) is 166 Å². The number of hydrogen-bond donors (Lipinski definition) is 8. The number of carbonyl (C=O) groups is 12. The standard InChI is InChI=1S/2C23H20N4O5.C22H20N4O5S.C21H18N4O5S/c1-31-18-8-7-17-13-27(20(28)19(17)11-18)14-23(21(29)25-22(30)26-23)10-9-15-3-5-16(6-4-15)12-24-32-2;1-31-18-7-6-17-13-27(20(28)19(17)11-18)14-23(21(29)25-22(30)26-23)9-8-15-4-3-5-16(10-15)12-24-32-2;1-13(25-31-3)18-7-6-16(32-18)8-9-22(20(28)23-21(29)24-22)12-26-11-14-4-5-15(30-2)10-17(14)19(26)27;1-29-14-4-3-13-11-25(18(26)17(13)9-14)12-21(19(27)23-20(28)24-21)8-7-15-5-6-16(31-15)10-22-30-2/h3-8,11-12H,13-14H2,1-2H3,(H2,25,26,29,30);3-7,10-12H,13-14H2,1-2H3,(H2,25,26,29,30);4-7,10H,11-12H2,1-3H3,(H2,23,24,28,29);3-6,9-10H,11-12H2,1-2H3,(H2,23,24,27,28)/b;24-12+;25-13+;/t2*23-;22-;21-/m1111/s1. The van der Waals surface area contributed by atoms with Gasteiger partial charge in [-0.05, 0) is 137 Å². The van der Waals surface area contributed by atoms with Crippen molar-refractivity contribution in [1.29, 1.82) is 0 Å². The fourth-order valence-electron chi connectivity index (χ4n) is 14.1. The molecule has 10 heterocycles. The van der Waals surface area contributed by atoms with Crippen LogP contribution in [0.5, 0.6) is 23.0 Å². The molecule has 4 saturated heterocycles. The molecule has 0 bridgehead atoms. The SMILES string of the molecule is CO/N=C(\C)c1ccc(C#C[C@]2(CN3Cc4ccc(OC)cc4C3=O)NC(=O)NC2=O)s1.CO/N=C/c1cccc(C#C[C@]2(CN3Cc4ccc(OC)cc4C3=O)NC(=O)NC2=O)c1.CON=Cc1ccc(C#C[C@]2(CN3Cc4ccc(OC)cc4C3=O)NC(=O)NC2=O)cc1.CON=Cc1ccc(C#C[C@]2(CN3Cc4ccc(OC)cc4C3=O)NC(=O)NC2=O)s1. The molecule has 16 amide bonds. The average Bonchev–Trinajstić information content (AvgIpc) is 1.63. The van der Waals surface area contributed by atoms with E-state index in [0.29, 0.717) is 98.0 Å². The summed E-state index contributed by atoms with van der Waals surface area (Å²) in [6, 6.07) is 39.9. The summed E-state index contributed by atoms with van der Waals surface area (Å²) in [5.74, 6) is 22.2. The Morgan fingerprint density at radius 3 is 1.07 bits per heavy atom. The van der Waals surface area contributed by atoms with Crippen molar-refractivity contribution in [2.75, 3.05) is 83.1 Å². The van der Waals surface area contributed by atoms with E-state index < -0.39 is 69.9 Å². The normalized spacial score (nSPS) is 19.5. The minimum atomic E-state index is -1.57. The van der Waals surface area contributed by atoms with Gasteiger partial charge in [0.05, 0.1) is 93.6 Å². The lowest BCUT2D eigenvalue weighted by atomic mass is 9.99. The van der Waals surface area contributed by atoms with E-state index in [1.165, 1.54) is 105 Å². The number of ether oxygens (including phenoxy) is 4.